The summed E-state index contributed by atoms with van der Waals surface area (Å²) < 4.78 is 0. The fourth-order valence-corrected chi connectivity index (χ4v) is 3.63. The maximum absolute atomic E-state index is 10.1. The van der Waals surface area contributed by atoms with E-state index in [0.717, 1.165) is 22.1 Å². The van der Waals surface area contributed by atoms with E-state index >= 15 is 0 Å². The first kappa shape index (κ1) is 12.9. The monoisotopic (exact) mass is 251 g/mol. The number of thioether (sulfide) groups is 1. The van der Waals surface area contributed by atoms with Crippen molar-refractivity contribution in [3.05, 3.63) is 29.6 Å². The Labute approximate surface area is 108 Å². The number of rotatable bonds is 4. The van der Waals surface area contributed by atoms with Crippen LogP contribution >= 0.6 is 11.8 Å². The maximum atomic E-state index is 10.1. The molecule has 0 radical (unpaired) electrons. The van der Waals surface area contributed by atoms with Gasteiger partial charge in [-0.2, -0.15) is 11.8 Å². The highest BCUT2D eigenvalue weighted by atomic mass is 32.2. The van der Waals surface area contributed by atoms with Gasteiger partial charge in [-0.05, 0) is 30.9 Å². The zero-order valence-electron chi connectivity index (χ0n) is 10.4. The zero-order valence-corrected chi connectivity index (χ0v) is 11.2. The quantitative estimate of drug-likeness (QED) is 0.889. The van der Waals surface area contributed by atoms with Gasteiger partial charge in [0.15, 0.2) is 0 Å². The second-order valence-electron chi connectivity index (χ2n) is 4.90. The van der Waals surface area contributed by atoms with E-state index in [1.807, 2.05) is 30.9 Å². The summed E-state index contributed by atoms with van der Waals surface area (Å²) in [4.78, 5) is 4.13. The second kappa shape index (κ2) is 6.41. The number of hydrogen-bond acceptors (Lipinski definition) is 3. The third-order valence-corrected chi connectivity index (χ3v) is 4.77. The minimum atomic E-state index is -0.366. The van der Waals surface area contributed by atoms with E-state index in [0.29, 0.717) is 0 Å². The van der Waals surface area contributed by atoms with Gasteiger partial charge in [-0.25, -0.2) is 0 Å². The van der Waals surface area contributed by atoms with E-state index < -0.39 is 0 Å². The minimum Gasteiger partial charge on any atom is -0.387 e. The molecule has 1 aliphatic rings. The van der Waals surface area contributed by atoms with Gasteiger partial charge in [-0.15, -0.1) is 0 Å². The van der Waals surface area contributed by atoms with E-state index in [4.69, 9.17) is 0 Å². The molecule has 1 heterocycles. The van der Waals surface area contributed by atoms with Crippen molar-refractivity contribution in [1.82, 2.24) is 4.98 Å². The first-order valence-corrected chi connectivity index (χ1v) is 7.52. The molecule has 1 saturated carbocycles. The Kier molecular flexibility index (Phi) is 4.86. The van der Waals surface area contributed by atoms with E-state index in [1.165, 1.54) is 32.1 Å². The standard InChI is InChI=1S/C14H21NOS/c1-11-7-12(9-15-8-11)14(16)10-17-13-5-3-2-4-6-13/h7-9,13-14,16H,2-6,10H2,1H3. The Morgan fingerprint density at radius 1 is 1.35 bits per heavy atom. The molecule has 1 fully saturated rings. The summed E-state index contributed by atoms with van der Waals surface area (Å²) in [6.45, 7) is 2.01. The van der Waals surface area contributed by atoms with Crippen molar-refractivity contribution in [3.8, 4) is 0 Å². The van der Waals surface area contributed by atoms with Gasteiger partial charge < -0.3 is 5.11 Å². The molecule has 94 valence electrons. The second-order valence-corrected chi connectivity index (χ2v) is 6.24. The lowest BCUT2D eigenvalue weighted by Gasteiger charge is -2.22. The van der Waals surface area contributed by atoms with Gasteiger partial charge in [-0.3, -0.25) is 4.98 Å². The van der Waals surface area contributed by atoms with Gasteiger partial charge in [0.2, 0.25) is 0 Å². The predicted octanol–water partition coefficient (Wildman–Crippen LogP) is 3.49. The lowest BCUT2D eigenvalue weighted by molar-refractivity contribution is 0.203. The van der Waals surface area contributed by atoms with Crippen molar-refractivity contribution < 1.29 is 5.11 Å². The molecule has 1 atom stereocenters. The Hall–Kier alpha value is -0.540. The number of nitrogens with zero attached hydrogens (tertiary/aromatic N) is 1. The normalized spacial score (nSPS) is 19.2. The zero-order chi connectivity index (χ0) is 12.1. The molecular formula is C14H21NOS. The summed E-state index contributed by atoms with van der Waals surface area (Å²) in [5.74, 6) is 0.801. The molecule has 1 aliphatic carbocycles. The van der Waals surface area contributed by atoms with Crippen LogP contribution < -0.4 is 0 Å². The number of aromatic nitrogens is 1. The molecule has 1 unspecified atom stereocenters. The first-order chi connectivity index (χ1) is 8.25. The summed E-state index contributed by atoms with van der Waals surface area (Å²) in [6.07, 6.45) is 9.99. The number of pyridine rings is 1. The number of aliphatic hydroxyl groups excluding tert-OH is 1. The molecule has 17 heavy (non-hydrogen) atoms. The van der Waals surface area contributed by atoms with Crippen molar-refractivity contribution >= 4 is 11.8 Å². The maximum Gasteiger partial charge on any atom is 0.0895 e. The third kappa shape index (κ3) is 4.00. The van der Waals surface area contributed by atoms with E-state index in [2.05, 4.69) is 4.98 Å². The molecule has 0 saturated heterocycles. The third-order valence-electron chi connectivity index (χ3n) is 3.32. The van der Waals surface area contributed by atoms with Crippen molar-refractivity contribution in [2.45, 2.75) is 50.4 Å². The molecule has 0 spiro atoms. The van der Waals surface area contributed by atoms with Crippen LogP contribution in [0, 0.1) is 6.92 Å². The smallest absolute Gasteiger partial charge is 0.0895 e. The fourth-order valence-electron chi connectivity index (χ4n) is 2.32. The number of aliphatic hydroxyl groups is 1. The summed E-state index contributed by atoms with van der Waals surface area (Å²) in [7, 11) is 0. The van der Waals surface area contributed by atoms with Crippen LogP contribution in [0.1, 0.15) is 49.3 Å². The number of hydrogen-bond donors (Lipinski definition) is 1. The Balaban J connectivity index is 1.82. The average molecular weight is 251 g/mol. The van der Waals surface area contributed by atoms with Crippen molar-refractivity contribution in [1.29, 1.82) is 0 Å². The molecule has 2 nitrogen and oxygen atoms in total. The molecule has 1 N–H and O–H groups in total. The molecular weight excluding hydrogens is 230 g/mol. The van der Waals surface area contributed by atoms with Gasteiger partial charge in [-0.1, -0.05) is 25.3 Å². The molecule has 0 amide bonds. The molecule has 0 aliphatic heterocycles. The van der Waals surface area contributed by atoms with Gasteiger partial charge >= 0.3 is 0 Å². The first-order valence-electron chi connectivity index (χ1n) is 6.47. The molecule has 1 aromatic rings. The fraction of sp³-hybridized carbons (Fsp3) is 0.643. The van der Waals surface area contributed by atoms with Crippen LogP contribution in [0.3, 0.4) is 0 Å². The molecule has 3 heteroatoms. The average Bonchev–Trinajstić information content (AvgIpc) is 2.37. The highest BCUT2D eigenvalue weighted by molar-refractivity contribution is 7.99. The van der Waals surface area contributed by atoms with Crippen LogP contribution in [0.4, 0.5) is 0 Å². The van der Waals surface area contributed by atoms with E-state index in [-0.39, 0.29) is 6.10 Å². The highest BCUT2D eigenvalue weighted by Crippen LogP contribution is 2.30. The van der Waals surface area contributed by atoms with Gasteiger partial charge in [0.05, 0.1) is 6.10 Å². The van der Waals surface area contributed by atoms with Crippen molar-refractivity contribution in [3.63, 3.8) is 0 Å². The predicted molar refractivity (Wildman–Crippen MR) is 73.3 cm³/mol. The van der Waals surface area contributed by atoms with Crippen molar-refractivity contribution in [2.75, 3.05) is 5.75 Å². The lowest BCUT2D eigenvalue weighted by Crippen LogP contribution is -2.11. The van der Waals surface area contributed by atoms with Crippen LogP contribution in [0.25, 0.3) is 0 Å². The summed E-state index contributed by atoms with van der Waals surface area (Å²) >= 11 is 1.93. The number of aryl methyl sites for hydroxylation is 1. The van der Waals surface area contributed by atoms with E-state index in [9.17, 15) is 5.11 Å². The lowest BCUT2D eigenvalue weighted by atomic mass is 10.0. The Bertz CT molecular complexity index is 350. The van der Waals surface area contributed by atoms with Crippen LogP contribution in [0.2, 0.25) is 0 Å². The van der Waals surface area contributed by atoms with Crippen LogP contribution in [-0.2, 0) is 0 Å². The largest absolute Gasteiger partial charge is 0.387 e. The summed E-state index contributed by atoms with van der Waals surface area (Å²) in [5, 5.41) is 10.9. The van der Waals surface area contributed by atoms with Crippen LogP contribution in [-0.4, -0.2) is 21.1 Å². The topological polar surface area (TPSA) is 33.1 Å². The SMILES string of the molecule is Cc1cncc(C(O)CSC2CCCCC2)c1. The molecule has 1 aromatic heterocycles. The molecule has 2 rings (SSSR count). The molecule has 0 aromatic carbocycles. The van der Waals surface area contributed by atoms with Crippen molar-refractivity contribution in [2.24, 2.45) is 0 Å². The van der Waals surface area contributed by atoms with Gasteiger partial charge in [0, 0.05) is 23.4 Å². The molecule has 0 bridgehead atoms. The highest BCUT2D eigenvalue weighted by Gasteiger charge is 2.16. The van der Waals surface area contributed by atoms with Crippen LogP contribution in [0.5, 0.6) is 0 Å². The van der Waals surface area contributed by atoms with E-state index in [1.54, 1.807) is 6.20 Å². The summed E-state index contributed by atoms with van der Waals surface area (Å²) in [6, 6.07) is 2.03. The minimum absolute atomic E-state index is 0.366. The van der Waals surface area contributed by atoms with Gasteiger partial charge in [0.25, 0.3) is 0 Å². The Morgan fingerprint density at radius 2 is 2.12 bits per heavy atom. The Morgan fingerprint density at radius 3 is 2.82 bits per heavy atom. The summed E-state index contributed by atoms with van der Waals surface area (Å²) in [5.41, 5.74) is 2.07. The van der Waals surface area contributed by atoms with Crippen LogP contribution in [0.15, 0.2) is 18.5 Å². The van der Waals surface area contributed by atoms with Gasteiger partial charge in [0.1, 0.15) is 0 Å².